The third-order valence-electron chi connectivity index (χ3n) is 3.14. The van der Waals surface area contributed by atoms with Gasteiger partial charge in [-0.05, 0) is 24.3 Å². The van der Waals surface area contributed by atoms with Crippen LogP contribution >= 0.6 is 0 Å². The van der Waals surface area contributed by atoms with Crippen molar-refractivity contribution >= 4 is 17.9 Å². The molecule has 0 saturated carbocycles. The van der Waals surface area contributed by atoms with Gasteiger partial charge < -0.3 is 9.47 Å². The Kier molecular flexibility index (Phi) is 3.21. The summed E-state index contributed by atoms with van der Waals surface area (Å²) < 4.78 is 10.9. The molecular formula is C16H13NO3. The Morgan fingerprint density at radius 3 is 2.85 bits per heavy atom. The third kappa shape index (κ3) is 2.16. The molecule has 0 radical (unpaired) electrons. The highest BCUT2D eigenvalue weighted by atomic mass is 16.5. The molecule has 0 amide bonds. The maximum Gasteiger partial charge on any atom is 0.222 e. The highest BCUT2D eigenvalue weighted by molar-refractivity contribution is 5.98. The van der Waals surface area contributed by atoms with Gasteiger partial charge in [-0.15, -0.1) is 0 Å². The molecule has 1 aliphatic heterocycles. The van der Waals surface area contributed by atoms with Crippen LogP contribution in [0.5, 0.6) is 5.75 Å². The number of methoxy groups -OCH3 is 1. The van der Waals surface area contributed by atoms with Crippen LogP contribution in [0.3, 0.4) is 0 Å². The van der Waals surface area contributed by atoms with Crippen molar-refractivity contribution in [1.82, 2.24) is 0 Å². The van der Waals surface area contributed by atoms with Gasteiger partial charge in [0.2, 0.25) is 5.90 Å². The predicted molar refractivity (Wildman–Crippen MR) is 75.5 cm³/mol. The van der Waals surface area contributed by atoms with Crippen LogP contribution in [-0.2, 0) is 9.53 Å². The Morgan fingerprint density at radius 1 is 1.20 bits per heavy atom. The molecule has 0 N–H and O–H groups in total. The highest BCUT2D eigenvalue weighted by Gasteiger charge is 2.24. The third-order valence-corrected chi connectivity index (χ3v) is 3.14. The summed E-state index contributed by atoms with van der Waals surface area (Å²) in [6.45, 7) is 0. The summed E-state index contributed by atoms with van der Waals surface area (Å²) in [4.78, 5) is 15.7. The second-order valence-electron chi connectivity index (χ2n) is 4.38. The molecule has 0 spiro atoms. The highest BCUT2D eigenvalue weighted by Crippen LogP contribution is 2.33. The van der Waals surface area contributed by atoms with Gasteiger partial charge in [0.25, 0.3) is 0 Å². The lowest BCUT2D eigenvalue weighted by molar-refractivity contribution is -0.114. The first-order valence-corrected chi connectivity index (χ1v) is 6.26. The fourth-order valence-corrected chi connectivity index (χ4v) is 2.14. The zero-order valence-electron chi connectivity index (χ0n) is 10.9. The van der Waals surface area contributed by atoms with E-state index in [0.29, 0.717) is 5.90 Å². The molecule has 0 fully saturated rings. The maximum absolute atomic E-state index is 11.2. The monoisotopic (exact) mass is 267 g/mol. The number of benzene rings is 2. The van der Waals surface area contributed by atoms with Crippen molar-refractivity contribution in [3.05, 3.63) is 59.7 Å². The molecule has 2 aromatic rings. The Morgan fingerprint density at radius 2 is 2.05 bits per heavy atom. The summed E-state index contributed by atoms with van der Waals surface area (Å²) in [5.41, 5.74) is 2.33. The van der Waals surface area contributed by atoms with Crippen LogP contribution in [0.2, 0.25) is 0 Å². The van der Waals surface area contributed by atoms with Crippen molar-refractivity contribution in [3.63, 3.8) is 0 Å². The Hall–Kier alpha value is -2.62. The molecule has 2 aromatic carbocycles. The van der Waals surface area contributed by atoms with Crippen LogP contribution in [-0.4, -0.2) is 19.3 Å². The van der Waals surface area contributed by atoms with E-state index in [1.165, 1.54) is 0 Å². The lowest BCUT2D eigenvalue weighted by Gasteiger charge is -2.22. The largest absolute Gasteiger partial charge is 0.497 e. The van der Waals surface area contributed by atoms with E-state index in [-0.39, 0.29) is 0 Å². The molecule has 1 aliphatic rings. The van der Waals surface area contributed by atoms with E-state index < -0.39 is 6.10 Å². The van der Waals surface area contributed by atoms with Crippen LogP contribution in [0.4, 0.5) is 5.69 Å². The van der Waals surface area contributed by atoms with Gasteiger partial charge in [-0.25, -0.2) is 4.99 Å². The molecule has 3 rings (SSSR count). The fraction of sp³-hybridized carbons (Fsp3) is 0.125. The molecule has 1 heterocycles. The first-order chi connectivity index (χ1) is 9.81. The average Bonchev–Trinajstić information content (AvgIpc) is 2.53. The van der Waals surface area contributed by atoms with Gasteiger partial charge in [-0.1, -0.05) is 24.3 Å². The molecule has 0 aromatic heterocycles. The second kappa shape index (κ2) is 5.17. The van der Waals surface area contributed by atoms with Crippen molar-refractivity contribution in [2.24, 2.45) is 4.99 Å². The second-order valence-corrected chi connectivity index (χ2v) is 4.38. The van der Waals surface area contributed by atoms with Crippen molar-refractivity contribution in [2.75, 3.05) is 7.11 Å². The molecule has 20 heavy (non-hydrogen) atoms. The van der Waals surface area contributed by atoms with Gasteiger partial charge in [0.05, 0.1) is 12.8 Å². The maximum atomic E-state index is 11.2. The molecular weight excluding hydrogens is 254 g/mol. The molecule has 100 valence electrons. The quantitative estimate of drug-likeness (QED) is 0.803. The Balaban J connectivity index is 2.07. The number of aldehydes is 1. The lowest BCUT2D eigenvalue weighted by Crippen LogP contribution is -2.17. The van der Waals surface area contributed by atoms with Crippen LogP contribution < -0.4 is 4.74 Å². The van der Waals surface area contributed by atoms with E-state index >= 15 is 0 Å². The average molecular weight is 267 g/mol. The number of carbonyl (C=O) groups is 1. The van der Waals surface area contributed by atoms with Gasteiger partial charge in [0, 0.05) is 11.1 Å². The van der Waals surface area contributed by atoms with Crippen molar-refractivity contribution in [3.8, 4) is 5.75 Å². The molecule has 1 atom stereocenters. The van der Waals surface area contributed by atoms with E-state index in [0.717, 1.165) is 28.8 Å². The number of carbonyl (C=O) groups excluding carboxylic acids is 1. The zero-order chi connectivity index (χ0) is 13.9. The van der Waals surface area contributed by atoms with Gasteiger partial charge in [0.1, 0.15) is 5.75 Å². The summed E-state index contributed by atoms with van der Waals surface area (Å²) >= 11 is 0. The van der Waals surface area contributed by atoms with Gasteiger partial charge in [-0.2, -0.15) is 0 Å². The summed E-state index contributed by atoms with van der Waals surface area (Å²) in [7, 11) is 1.60. The van der Waals surface area contributed by atoms with Gasteiger partial charge in [0.15, 0.2) is 12.4 Å². The van der Waals surface area contributed by atoms with E-state index in [1.807, 2.05) is 48.5 Å². The lowest BCUT2D eigenvalue weighted by atomic mass is 10.1. The van der Waals surface area contributed by atoms with E-state index in [1.54, 1.807) is 7.11 Å². The van der Waals surface area contributed by atoms with Crippen molar-refractivity contribution in [1.29, 1.82) is 0 Å². The number of rotatable bonds is 3. The van der Waals surface area contributed by atoms with E-state index in [9.17, 15) is 4.79 Å². The van der Waals surface area contributed by atoms with Crippen LogP contribution in [0.1, 0.15) is 17.2 Å². The molecule has 0 saturated heterocycles. The number of hydrogen-bond acceptors (Lipinski definition) is 4. The normalized spacial score (nSPS) is 16.6. The summed E-state index contributed by atoms with van der Waals surface area (Å²) in [5.74, 6) is 1.15. The van der Waals surface area contributed by atoms with Crippen LogP contribution in [0.25, 0.3) is 0 Å². The molecule has 4 heteroatoms. The van der Waals surface area contributed by atoms with Gasteiger partial charge in [-0.3, -0.25) is 4.79 Å². The van der Waals surface area contributed by atoms with E-state index in [2.05, 4.69) is 4.99 Å². The van der Waals surface area contributed by atoms with E-state index in [4.69, 9.17) is 9.47 Å². The summed E-state index contributed by atoms with van der Waals surface area (Å²) in [5, 5.41) is 0. The molecule has 0 bridgehead atoms. The van der Waals surface area contributed by atoms with Crippen molar-refractivity contribution < 1.29 is 14.3 Å². The molecule has 1 unspecified atom stereocenters. The van der Waals surface area contributed by atoms with Gasteiger partial charge >= 0.3 is 0 Å². The number of ether oxygens (including phenoxy) is 2. The zero-order valence-corrected chi connectivity index (χ0v) is 10.9. The number of hydrogen-bond donors (Lipinski definition) is 0. The summed E-state index contributed by atoms with van der Waals surface area (Å²) in [6, 6.07) is 14.9. The fourth-order valence-electron chi connectivity index (χ4n) is 2.14. The standard InChI is InChI=1S/C16H13NO3/c1-19-12-6-4-5-11(9-12)16-17-14-8-3-2-7-13(14)15(10-18)20-16/h2-10,15H,1H3. The topological polar surface area (TPSA) is 47.9 Å². The summed E-state index contributed by atoms with van der Waals surface area (Å²) in [6.07, 6.45) is 0.165. The first-order valence-electron chi connectivity index (χ1n) is 6.26. The minimum Gasteiger partial charge on any atom is -0.497 e. The number of fused-ring (bicyclic) bond motifs is 1. The van der Waals surface area contributed by atoms with Crippen LogP contribution in [0.15, 0.2) is 53.5 Å². The van der Waals surface area contributed by atoms with Crippen LogP contribution in [0, 0.1) is 0 Å². The SMILES string of the molecule is COc1cccc(C2=Nc3ccccc3C(C=O)O2)c1. The molecule has 0 aliphatic carbocycles. The Labute approximate surface area is 116 Å². The first kappa shape index (κ1) is 12.4. The minimum absolute atomic E-state index is 0.430. The van der Waals surface area contributed by atoms with Crippen molar-refractivity contribution in [2.45, 2.75) is 6.10 Å². The number of para-hydroxylation sites is 1. The molecule has 4 nitrogen and oxygen atoms in total. The number of aliphatic imine (C=N–C) groups is 1. The number of nitrogens with zero attached hydrogens (tertiary/aromatic N) is 1. The minimum atomic E-state index is -0.620. The smallest absolute Gasteiger partial charge is 0.222 e. The Bertz CT molecular complexity index is 679. The predicted octanol–water partition coefficient (Wildman–Crippen LogP) is 3.04.